The van der Waals surface area contributed by atoms with Crippen LogP contribution in [-0.2, 0) is 22.4 Å². The van der Waals surface area contributed by atoms with Crippen LogP contribution in [0.4, 0.5) is 0 Å². The number of aromatic amines is 1. The molecule has 6 nitrogen and oxygen atoms in total. The van der Waals surface area contributed by atoms with Crippen LogP contribution < -0.4 is 0 Å². The van der Waals surface area contributed by atoms with Crippen molar-refractivity contribution in [1.82, 2.24) is 9.88 Å². The van der Waals surface area contributed by atoms with Crippen molar-refractivity contribution in [3.8, 4) is 0 Å². The molecule has 0 spiro atoms. The fraction of sp³-hybridized carbons (Fsp3) is 0.381. The fourth-order valence-corrected chi connectivity index (χ4v) is 3.91. The number of hydrogen-bond donors (Lipinski definition) is 1. The van der Waals surface area contributed by atoms with E-state index in [2.05, 4.69) is 17.1 Å². The summed E-state index contributed by atoms with van der Waals surface area (Å²) >= 11 is 0. The Balaban J connectivity index is 1.87. The molecule has 0 fully saturated rings. The van der Waals surface area contributed by atoms with Crippen LogP contribution in [0.2, 0.25) is 0 Å². The zero-order chi connectivity index (χ0) is 19.7. The Hall–Kier alpha value is -2.89. The molecule has 3 rings (SSSR count). The Morgan fingerprint density at radius 3 is 2.63 bits per heavy atom. The number of fused-ring (bicyclic) bond motifs is 1. The van der Waals surface area contributed by atoms with Gasteiger partial charge in [0.25, 0.3) is 0 Å². The molecular formula is C21H24N2O4. The van der Waals surface area contributed by atoms with Gasteiger partial charge in [-0.3, -0.25) is 9.59 Å². The second kappa shape index (κ2) is 7.39. The number of aromatic nitrogens is 1. The topological polar surface area (TPSA) is 79.5 Å². The maximum Gasteiger partial charge on any atom is 0.339 e. The van der Waals surface area contributed by atoms with Crippen LogP contribution in [0.25, 0.3) is 0 Å². The third-order valence-electron chi connectivity index (χ3n) is 5.36. The van der Waals surface area contributed by atoms with Gasteiger partial charge in [-0.05, 0) is 36.5 Å². The first-order valence-electron chi connectivity index (χ1n) is 8.99. The van der Waals surface area contributed by atoms with Crippen LogP contribution in [0, 0.1) is 6.92 Å². The highest BCUT2D eigenvalue weighted by atomic mass is 16.5. The van der Waals surface area contributed by atoms with Crippen molar-refractivity contribution in [3.05, 3.63) is 57.9 Å². The Kier molecular flexibility index (Phi) is 5.17. The molecule has 1 aromatic carbocycles. The molecule has 2 aromatic rings. The largest absolute Gasteiger partial charge is 0.465 e. The third kappa shape index (κ3) is 3.39. The molecular weight excluding hydrogens is 344 g/mol. The molecule has 1 aliphatic rings. The predicted molar refractivity (Wildman–Crippen MR) is 101 cm³/mol. The van der Waals surface area contributed by atoms with Crippen molar-refractivity contribution in [1.29, 1.82) is 0 Å². The quantitative estimate of drug-likeness (QED) is 0.650. The van der Waals surface area contributed by atoms with E-state index in [1.807, 2.05) is 12.1 Å². The van der Waals surface area contributed by atoms with Gasteiger partial charge in [0, 0.05) is 19.7 Å². The molecule has 0 saturated heterocycles. The Labute approximate surface area is 158 Å². The summed E-state index contributed by atoms with van der Waals surface area (Å²) in [4.78, 5) is 41.6. The summed E-state index contributed by atoms with van der Waals surface area (Å²) in [5, 5.41) is 0. The maximum atomic E-state index is 12.9. The number of nitrogens with one attached hydrogen (secondary N) is 1. The number of esters is 1. The van der Waals surface area contributed by atoms with Crippen molar-refractivity contribution in [2.75, 3.05) is 14.2 Å². The van der Waals surface area contributed by atoms with Crippen molar-refractivity contribution < 1.29 is 19.1 Å². The maximum absolute atomic E-state index is 12.9. The third-order valence-corrected chi connectivity index (χ3v) is 5.36. The standard InChI is InChI=1S/C21H24N2O4/c1-12-19(21(26)27-4)16(22-20(12)13(2)24)11-18(25)23(3)17-10-9-14-7-5-6-8-15(14)17/h5-8,17,22H,9-11H2,1-4H3. The van der Waals surface area contributed by atoms with Crippen LogP contribution in [0.3, 0.4) is 0 Å². The fourth-order valence-electron chi connectivity index (χ4n) is 3.91. The van der Waals surface area contributed by atoms with E-state index in [-0.39, 0.29) is 29.7 Å². The number of methoxy groups -OCH3 is 1. The number of ether oxygens (including phenoxy) is 1. The van der Waals surface area contributed by atoms with Crippen LogP contribution in [-0.4, -0.2) is 41.7 Å². The zero-order valence-corrected chi connectivity index (χ0v) is 16.1. The van der Waals surface area contributed by atoms with Gasteiger partial charge in [-0.2, -0.15) is 0 Å². The van der Waals surface area contributed by atoms with E-state index in [0.717, 1.165) is 12.8 Å². The smallest absolute Gasteiger partial charge is 0.339 e. The first kappa shape index (κ1) is 18.9. The number of rotatable bonds is 5. The number of benzene rings is 1. The van der Waals surface area contributed by atoms with Gasteiger partial charge in [-0.1, -0.05) is 24.3 Å². The lowest BCUT2D eigenvalue weighted by atomic mass is 10.0. The number of carbonyl (C=O) groups is 3. The molecule has 0 aliphatic heterocycles. The predicted octanol–water partition coefficient (Wildman–Crippen LogP) is 3.00. The number of H-pyrrole nitrogens is 1. The van der Waals surface area contributed by atoms with Crippen molar-refractivity contribution in [2.24, 2.45) is 0 Å². The highest BCUT2D eigenvalue weighted by Gasteiger charge is 2.30. The lowest BCUT2D eigenvalue weighted by Gasteiger charge is -2.25. The number of ketones is 1. The number of Topliss-reactive ketones (excluding diaryl/α,β-unsaturated/α-hetero) is 1. The van der Waals surface area contributed by atoms with E-state index >= 15 is 0 Å². The van der Waals surface area contributed by atoms with Crippen molar-refractivity contribution in [2.45, 2.75) is 39.2 Å². The molecule has 0 saturated carbocycles. The monoisotopic (exact) mass is 368 g/mol. The minimum absolute atomic E-state index is 0.00766. The highest BCUT2D eigenvalue weighted by Crippen LogP contribution is 2.35. The lowest BCUT2D eigenvalue weighted by molar-refractivity contribution is -0.131. The molecule has 0 radical (unpaired) electrons. The first-order valence-corrected chi connectivity index (χ1v) is 8.99. The van der Waals surface area contributed by atoms with Crippen LogP contribution >= 0.6 is 0 Å². The number of carbonyl (C=O) groups excluding carboxylic acids is 3. The van der Waals surface area contributed by atoms with Gasteiger partial charge in [0.2, 0.25) is 5.91 Å². The SMILES string of the molecule is COC(=O)c1c(CC(=O)N(C)C2CCc3ccccc32)[nH]c(C(C)=O)c1C. The summed E-state index contributed by atoms with van der Waals surface area (Å²) in [7, 11) is 3.07. The molecule has 1 atom stereocenters. The first-order chi connectivity index (χ1) is 12.8. The van der Waals surface area contributed by atoms with E-state index in [4.69, 9.17) is 4.74 Å². The van der Waals surface area contributed by atoms with Crippen molar-refractivity contribution >= 4 is 17.7 Å². The molecule has 1 aromatic heterocycles. The van der Waals surface area contributed by atoms with Gasteiger partial charge in [0.15, 0.2) is 5.78 Å². The number of likely N-dealkylation sites (N-methyl/N-ethyl adjacent to an activating group) is 1. The molecule has 1 aliphatic carbocycles. The van der Waals surface area contributed by atoms with Crippen LogP contribution in [0.15, 0.2) is 24.3 Å². The summed E-state index contributed by atoms with van der Waals surface area (Å²) < 4.78 is 4.84. The molecule has 1 N–H and O–H groups in total. The Morgan fingerprint density at radius 2 is 1.96 bits per heavy atom. The second-order valence-corrected chi connectivity index (χ2v) is 6.96. The average Bonchev–Trinajstić information content (AvgIpc) is 3.21. The molecule has 27 heavy (non-hydrogen) atoms. The number of amides is 1. The lowest BCUT2D eigenvalue weighted by Crippen LogP contribution is -2.31. The van der Waals surface area contributed by atoms with Gasteiger partial charge in [-0.15, -0.1) is 0 Å². The van der Waals surface area contributed by atoms with Crippen LogP contribution in [0.5, 0.6) is 0 Å². The summed E-state index contributed by atoms with van der Waals surface area (Å²) in [6.07, 6.45) is 1.84. The summed E-state index contributed by atoms with van der Waals surface area (Å²) in [5.41, 5.74) is 4.00. The van der Waals surface area contributed by atoms with E-state index in [0.29, 0.717) is 17.0 Å². The highest BCUT2D eigenvalue weighted by molar-refractivity contribution is 6.01. The normalized spacial score (nSPS) is 15.3. The van der Waals surface area contributed by atoms with E-state index in [9.17, 15) is 14.4 Å². The number of aryl methyl sites for hydroxylation is 1. The molecule has 142 valence electrons. The second-order valence-electron chi connectivity index (χ2n) is 6.96. The minimum atomic E-state index is -0.548. The van der Waals surface area contributed by atoms with E-state index in [1.54, 1.807) is 18.9 Å². The Morgan fingerprint density at radius 1 is 1.26 bits per heavy atom. The Bertz CT molecular complexity index is 913. The summed E-state index contributed by atoms with van der Waals surface area (Å²) in [6, 6.07) is 8.17. The number of nitrogens with zero attached hydrogens (tertiary/aromatic N) is 1. The summed E-state index contributed by atoms with van der Waals surface area (Å²) in [5.74, 6) is -0.847. The van der Waals surface area contributed by atoms with Gasteiger partial charge >= 0.3 is 5.97 Å². The molecule has 0 bridgehead atoms. The summed E-state index contributed by atoms with van der Waals surface area (Å²) in [6.45, 7) is 3.11. The minimum Gasteiger partial charge on any atom is -0.465 e. The molecule has 1 amide bonds. The van der Waals surface area contributed by atoms with Gasteiger partial charge in [0.05, 0.1) is 30.8 Å². The average molecular weight is 368 g/mol. The number of hydrogen-bond acceptors (Lipinski definition) is 4. The molecule has 1 heterocycles. The van der Waals surface area contributed by atoms with Gasteiger partial charge in [-0.25, -0.2) is 4.79 Å². The molecule has 1 unspecified atom stereocenters. The van der Waals surface area contributed by atoms with Gasteiger partial charge in [0.1, 0.15) is 0 Å². The van der Waals surface area contributed by atoms with E-state index in [1.165, 1.54) is 25.2 Å². The zero-order valence-electron chi connectivity index (χ0n) is 16.1. The molecule has 6 heteroatoms. The van der Waals surface area contributed by atoms with Crippen molar-refractivity contribution in [3.63, 3.8) is 0 Å². The van der Waals surface area contributed by atoms with Crippen LogP contribution in [0.1, 0.15) is 62.6 Å². The van der Waals surface area contributed by atoms with Gasteiger partial charge < -0.3 is 14.6 Å². The van der Waals surface area contributed by atoms with E-state index < -0.39 is 5.97 Å².